The van der Waals surface area contributed by atoms with Gasteiger partial charge in [0.05, 0.1) is 24.8 Å². The molecular formula is C17H19NO3. The zero-order chi connectivity index (χ0) is 14.7. The van der Waals surface area contributed by atoms with Crippen molar-refractivity contribution >= 4 is 5.91 Å². The van der Waals surface area contributed by atoms with Crippen LogP contribution in [0.3, 0.4) is 0 Å². The molecule has 4 heteroatoms. The predicted octanol–water partition coefficient (Wildman–Crippen LogP) is 3.07. The standard InChI is InChI=1S/C17H19NO3/c19-15(13-6-2-1-3-7-13)12-17(20)18-10-4-8-14(18)16-9-5-11-21-16/h1-3,5-7,9,11,14-15,19H,4,8,10,12H2. The monoisotopic (exact) mass is 285 g/mol. The summed E-state index contributed by atoms with van der Waals surface area (Å²) < 4.78 is 5.43. The van der Waals surface area contributed by atoms with Crippen LogP contribution in [0, 0.1) is 0 Å². The van der Waals surface area contributed by atoms with E-state index in [4.69, 9.17) is 4.42 Å². The molecule has 1 aromatic heterocycles. The van der Waals surface area contributed by atoms with E-state index in [1.54, 1.807) is 6.26 Å². The zero-order valence-corrected chi connectivity index (χ0v) is 11.8. The Hall–Kier alpha value is -2.07. The predicted molar refractivity (Wildman–Crippen MR) is 78.4 cm³/mol. The molecule has 0 radical (unpaired) electrons. The topological polar surface area (TPSA) is 53.7 Å². The van der Waals surface area contributed by atoms with Gasteiger partial charge in [-0.15, -0.1) is 0 Å². The number of aliphatic hydroxyl groups is 1. The van der Waals surface area contributed by atoms with Crippen molar-refractivity contribution in [2.75, 3.05) is 6.54 Å². The van der Waals surface area contributed by atoms with Crippen LogP contribution in [-0.2, 0) is 4.79 Å². The first-order valence-corrected chi connectivity index (χ1v) is 7.31. The highest BCUT2D eigenvalue weighted by atomic mass is 16.3. The third kappa shape index (κ3) is 3.00. The highest BCUT2D eigenvalue weighted by Gasteiger charge is 2.32. The van der Waals surface area contributed by atoms with Gasteiger partial charge in [0.25, 0.3) is 0 Å². The second-order valence-electron chi connectivity index (χ2n) is 5.39. The Labute approximate surface area is 124 Å². The van der Waals surface area contributed by atoms with Gasteiger partial charge in [0.2, 0.25) is 5.91 Å². The number of hydrogen-bond donors (Lipinski definition) is 1. The summed E-state index contributed by atoms with van der Waals surface area (Å²) in [5.41, 5.74) is 0.777. The molecule has 2 atom stereocenters. The quantitative estimate of drug-likeness (QED) is 0.939. The Morgan fingerprint density at radius 2 is 2.10 bits per heavy atom. The summed E-state index contributed by atoms with van der Waals surface area (Å²) in [7, 11) is 0. The van der Waals surface area contributed by atoms with Crippen LogP contribution in [0.2, 0.25) is 0 Å². The highest BCUT2D eigenvalue weighted by molar-refractivity contribution is 5.77. The lowest BCUT2D eigenvalue weighted by molar-refractivity contribution is -0.134. The number of carbonyl (C=O) groups excluding carboxylic acids is 1. The summed E-state index contributed by atoms with van der Waals surface area (Å²) >= 11 is 0. The molecular weight excluding hydrogens is 266 g/mol. The first-order valence-electron chi connectivity index (χ1n) is 7.31. The SMILES string of the molecule is O=C(CC(O)c1ccccc1)N1CCCC1c1ccco1. The van der Waals surface area contributed by atoms with E-state index in [0.29, 0.717) is 0 Å². The average Bonchev–Trinajstić information content (AvgIpc) is 3.18. The van der Waals surface area contributed by atoms with Crippen molar-refractivity contribution in [1.82, 2.24) is 4.90 Å². The molecule has 4 nitrogen and oxygen atoms in total. The first kappa shape index (κ1) is 13.9. The average molecular weight is 285 g/mol. The van der Waals surface area contributed by atoms with Crippen molar-refractivity contribution in [3.05, 3.63) is 60.1 Å². The largest absolute Gasteiger partial charge is 0.467 e. The van der Waals surface area contributed by atoms with Gasteiger partial charge in [-0.1, -0.05) is 30.3 Å². The second kappa shape index (κ2) is 6.14. The molecule has 21 heavy (non-hydrogen) atoms. The molecule has 0 aliphatic carbocycles. The Bertz CT molecular complexity index is 579. The first-order chi connectivity index (χ1) is 10.3. The number of amides is 1. The normalized spacial score (nSPS) is 19.7. The van der Waals surface area contributed by atoms with E-state index in [1.807, 2.05) is 47.4 Å². The van der Waals surface area contributed by atoms with Gasteiger partial charge in [0.15, 0.2) is 0 Å². The molecule has 0 bridgehead atoms. The number of furan rings is 1. The van der Waals surface area contributed by atoms with Crippen molar-refractivity contribution in [1.29, 1.82) is 0 Å². The molecule has 1 amide bonds. The van der Waals surface area contributed by atoms with Crippen LogP contribution in [0.25, 0.3) is 0 Å². The van der Waals surface area contributed by atoms with Crippen molar-refractivity contribution in [2.45, 2.75) is 31.4 Å². The summed E-state index contributed by atoms with van der Waals surface area (Å²) in [6.07, 6.45) is 2.88. The molecule has 3 rings (SSSR count). The van der Waals surface area contributed by atoms with Gasteiger partial charge < -0.3 is 14.4 Å². The molecule has 1 N–H and O–H groups in total. The Balaban J connectivity index is 1.67. The maximum atomic E-state index is 12.5. The minimum absolute atomic E-state index is 0.00970. The number of nitrogens with zero attached hydrogens (tertiary/aromatic N) is 1. The van der Waals surface area contributed by atoms with Crippen molar-refractivity contribution in [3.8, 4) is 0 Å². The number of likely N-dealkylation sites (tertiary alicyclic amines) is 1. The van der Waals surface area contributed by atoms with E-state index in [1.165, 1.54) is 0 Å². The molecule has 2 aromatic rings. The van der Waals surface area contributed by atoms with E-state index in [9.17, 15) is 9.90 Å². The summed E-state index contributed by atoms with van der Waals surface area (Å²) in [6, 6.07) is 13.1. The lowest BCUT2D eigenvalue weighted by atomic mass is 10.1. The number of rotatable bonds is 4. The Morgan fingerprint density at radius 1 is 1.29 bits per heavy atom. The molecule has 1 aliphatic heterocycles. The van der Waals surface area contributed by atoms with Gasteiger partial charge in [-0.2, -0.15) is 0 Å². The zero-order valence-electron chi connectivity index (χ0n) is 11.8. The highest BCUT2D eigenvalue weighted by Crippen LogP contribution is 2.33. The maximum absolute atomic E-state index is 12.5. The number of carbonyl (C=O) groups is 1. The molecule has 110 valence electrons. The van der Waals surface area contributed by atoms with Crippen LogP contribution in [0.4, 0.5) is 0 Å². The number of benzene rings is 1. The van der Waals surface area contributed by atoms with Crippen molar-refractivity contribution in [3.63, 3.8) is 0 Å². The Morgan fingerprint density at radius 3 is 2.81 bits per heavy atom. The van der Waals surface area contributed by atoms with E-state index >= 15 is 0 Å². The molecule has 1 saturated heterocycles. The summed E-state index contributed by atoms with van der Waals surface area (Å²) in [4.78, 5) is 14.3. The molecule has 1 fully saturated rings. The van der Waals surface area contributed by atoms with Crippen LogP contribution in [-0.4, -0.2) is 22.5 Å². The van der Waals surface area contributed by atoms with E-state index in [2.05, 4.69) is 0 Å². The van der Waals surface area contributed by atoms with Gasteiger partial charge in [0.1, 0.15) is 5.76 Å². The van der Waals surface area contributed by atoms with Crippen LogP contribution in [0.15, 0.2) is 53.1 Å². The minimum Gasteiger partial charge on any atom is -0.467 e. The van der Waals surface area contributed by atoms with E-state index in [-0.39, 0.29) is 18.4 Å². The number of hydrogen-bond acceptors (Lipinski definition) is 3. The van der Waals surface area contributed by atoms with Crippen LogP contribution >= 0.6 is 0 Å². The van der Waals surface area contributed by atoms with Gasteiger partial charge in [-0.25, -0.2) is 0 Å². The van der Waals surface area contributed by atoms with Crippen LogP contribution in [0.5, 0.6) is 0 Å². The number of aliphatic hydroxyl groups excluding tert-OH is 1. The maximum Gasteiger partial charge on any atom is 0.226 e. The fraction of sp³-hybridized carbons (Fsp3) is 0.353. The smallest absolute Gasteiger partial charge is 0.226 e. The van der Waals surface area contributed by atoms with Gasteiger partial charge in [0, 0.05) is 6.54 Å². The molecule has 2 heterocycles. The Kier molecular flexibility index (Phi) is 4.06. The molecule has 0 saturated carbocycles. The fourth-order valence-corrected chi connectivity index (χ4v) is 2.92. The summed E-state index contributed by atoms with van der Waals surface area (Å²) in [5.74, 6) is 0.806. The summed E-state index contributed by atoms with van der Waals surface area (Å²) in [5, 5.41) is 10.2. The second-order valence-corrected chi connectivity index (χ2v) is 5.39. The lowest BCUT2D eigenvalue weighted by Crippen LogP contribution is -2.31. The van der Waals surface area contributed by atoms with Crippen LogP contribution in [0.1, 0.15) is 42.7 Å². The molecule has 0 spiro atoms. The molecule has 1 aliphatic rings. The third-order valence-corrected chi connectivity index (χ3v) is 4.00. The molecule has 2 unspecified atom stereocenters. The van der Waals surface area contributed by atoms with E-state index in [0.717, 1.165) is 30.7 Å². The summed E-state index contributed by atoms with van der Waals surface area (Å²) in [6.45, 7) is 0.728. The molecule has 1 aromatic carbocycles. The van der Waals surface area contributed by atoms with Gasteiger partial charge in [-0.05, 0) is 30.5 Å². The lowest BCUT2D eigenvalue weighted by Gasteiger charge is -2.24. The van der Waals surface area contributed by atoms with Crippen molar-refractivity contribution in [2.24, 2.45) is 0 Å². The minimum atomic E-state index is -0.753. The third-order valence-electron chi connectivity index (χ3n) is 4.00. The van der Waals surface area contributed by atoms with Crippen molar-refractivity contribution < 1.29 is 14.3 Å². The fourth-order valence-electron chi connectivity index (χ4n) is 2.92. The van der Waals surface area contributed by atoms with Gasteiger partial charge in [-0.3, -0.25) is 4.79 Å². The van der Waals surface area contributed by atoms with E-state index < -0.39 is 6.10 Å². The van der Waals surface area contributed by atoms with Gasteiger partial charge >= 0.3 is 0 Å². The van der Waals surface area contributed by atoms with Crippen LogP contribution < -0.4 is 0 Å².